The van der Waals surface area contributed by atoms with Crippen molar-refractivity contribution in [2.45, 2.75) is 32.7 Å². The standard InChI is InChI=1S/C12H23N3O2/c1-4-13-10(16)8-15(3)12(17)11-9(2)6-5-7-14-11/h9,11,14H,4-8H2,1-3H3,(H,13,16). The molecule has 0 saturated carbocycles. The fourth-order valence-electron chi connectivity index (χ4n) is 2.16. The summed E-state index contributed by atoms with van der Waals surface area (Å²) >= 11 is 0. The number of hydrogen-bond donors (Lipinski definition) is 2. The molecule has 0 aliphatic carbocycles. The lowest BCUT2D eigenvalue weighted by atomic mass is 9.92. The number of likely N-dealkylation sites (N-methyl/N-ethyl adjacent to an activating group) is 2. The first-order valence-corrected chi connectivity index (χ1v) is 6.31. The molecule has 0 aromatic heterocycles. The second-order valence-electron chi connectivity index (χ2n) is 4.70. The lowest BCUT2D eigenvalue weighted by Gasteiger charge is -2.32. The van der Waals surface area contributed by atoms with Gasteiger partial charge < -0.3 is 15.5 Å². The molecule has 0 spiro atoms. The molecule has 1 rings (SSSR count). The van der Waals surface area contributed by atoms with Gasteiger partial charge in [0.25, 0.3) is 0 Å². The summed E-state index contributed by atoms with van der Waals surface area (Å²) in [6.07, 6.45) is 2.18. The lowest BCUT2D eigenvalue weighted by Crippen LogP contribution is -2.52. The second-order valence-corrected chi connectivity index (χ2v) is 4.70. The smallest absolute Gasteiger partial charge is 0.240 e. The molecule has 5 heteroatoms. The number of nitrogens with one attached hydrogen (secondary N) is 2. The second kappa shape index (κ2) is 6.59. The molecule has 2 unspecified atom stereocenters. The molecule has 1 fully saturated rings. The Labute approximate surface area is 103 Å². The summed E-state index contributed by atoms with van der Waals surface area (Å²) < 4.78 is 0. The molecule has 0 radical (unpaired) electrons. The van der Waals surface area contributed by atoms with E-state index in [1.807, 2.05) is 6.92 Å². The first-order chi connectivity index (χ1) is 8.06. The van der Waals surface area contributed by atoms with Gasteiger partial charge in [-0.2, -0.15) is 0 Å². The van der Waals surface area contributed by atoms with Crippen LogP contribution in [0.3, 0.4) is 0 Å². The fraction of sp³-hybridized carbons (Fsp3) is 0.833. The van der Waals surface area contributed by atoms with Gasteiger partial charge in [0.15, 0.2) is 0 Å². The highest BCUT2D eigenvalue weighted by Crippen LogP contribution is 2.16. The van der Waals surface area contributed by atoms with E-state index < -0.39 is 0 Å². The van der Waals surface area contributed by atoms with Crippen molar-refractivity contribution in [3.8, 4) is 0 Å². The topological polar surface area (TPSA) is 61.4 Å². The van der Waals surface area contributed by atoms with Crippen molar-refractivity contribution < 1.29 is 9.59 Å². The summed E-state index contributed by atoms with van der Waals surface area (Å²) in [5.41, 5.74) is 0. The highest BCUT2D eigenvalue weighted by atomic mass is 16.2. The third-order valence-corrected chi connectivity index (χ3v) is 3.17. The molecule has 2 amide bonds. The van der Waals surface area contributed by atoms with E-state index in [-0.39, 0.29) is 24.4 Å². The molecular formula is C12H23N3O2. The van der Waals surface area contributed by atoms with Crippen LogP contribution < -0.4 is 10.6 Å². The zero-order chi connectivity index (χ0) is 12.8. The van der Waals surface area contributed by atoms with Crippen LogP contribution in [-0.4, -0.2) is 49.4 Å². The van der Waals surface area contributed by atoms with Gasteiger partial charge in [0, 0.05) is 13.6 Å². The Morgan fingerprint density at radius 3 is 2.76 bits per heavy atom. The van der Waals surface area contributed by atoms with Gasteiger partial charge in [0.2, 0.25) is 11.8 Å². The summed E-state index contributed by atoms with van der Waals surface area (Å²) in [5.74, 6) is 0.253. The molecule has 2 atom stereocenters. The quantitative estimate of drug-likeness (QED) is 0.726. The van der Waals surface area contributed by atoms with Gasteiger partial charge in [-0.15, -0.1) is 0 Å². The van der Waals surface area contributed by atoms with Crippen molar-refractivity contribution in [1.29, 1.82) is 0 Å². The van der Waals surface area contributed by atoms with Crippen molar-refractivity contribution in [2.75, 3.05) is 26.7 Å². The molecule has 1 heterocycles. The van der Waals surface area contributed by atoms with Crippen LogP contribution in [0.15, 0.2) is 0 Å². The Bertz CT molecular complexity index is 281. The summed E-state index contributed by atoms with van der Waals surface area (Å²) in [6.45, 7) is 5.56. The normalized spacial score (nSPS) is 24.2. The van der Waals surface area contributed by atoms with Gasteiger partial charge in [-0.25, -0.2) is 0 Å². The first kappa shape index (κ1) is 14.0. The number of piperidine rings is 1. The highest BCUT2D eigenvalue weighted by Gasteiger charge is 2.29. The minimum absolute atomic E-state index is 0.0171. The zero-order valence-electron chi connectivity index (χ0n) is 11.0. The van der Waals surface area contributed by atoms with Crippen LogP contribution >= 0.6 is 0 Å². The molecule has 0 aromatic rings. The molecule has 1 aliphatic heterocycles. The number of carbonyl (C=O) groups excluding carboxylic acids is 2. The number of rotatable bonds is 4. The molecule has 0 aromatic carbocycles. The predicted molar refractivity (Wildman–Crippen MR) is 66.5 cm³/mol. The van der Waals surface area contributed by atoms with Crippen LogP contribution in [0.5, 0.6) is 0 Å². The molecule has 5 nitrogen and oxygen atoms in total. The monoisotopic (exact) mass is 241 g/mol. The summed E-state index contributed by atoms with van der Waals surface area (Å²) in [5, 5.41) is 5.92. The fourth-order valence-corrected chi connectivity index (χ4v) is 2.16. The molecule has 98 valence electrons. The van der Waals surface area contributed by atoms with E-state index in [0.29, 0.717) is 12.5 Å². The average molecular weight is 241 g/mol. The first-order valence-electron chi connectivity index (χ1n) is 6.31. The molecule has 1 saturated heterocycles. The Morgan fingerprint density at radius 2 is 2.18 bits per heavy atom. The molecular weight excluding hydrogens is 218 g/mol. The van der Waals surface area contributed by atoms with Crippen molar-refractivity contribution in [3.05, 3.63) is 0 Å². The Balaban J connectivity index is 2.47. The van der Waals surface area contributed by atoms with Crippen LogP contribution in [0.2, 0.25) is 0 Å². The van der Waals surface area contributed by atoms with E-state index >= 15 is 0 Å². The third kappa shape index (κ3) is 4.00. The van der Waals surface area contributed by atoms with E-state index in [0.717, 1.165) is 19.4 Å². The molecule has 0 bridgehead atoms. The number of amides is 2. The molecule has 1 aliphatic rings. The van der Waals surface area contributed by atoms with Crippen LogP contribution in [-0.2, 0) is 9.59 Å². The number of nitrogens with zero attached hydrogens (tertiary/aromatic N) is 1. The Morgan fingerprint density at radius 1 is 1.47 bits per heavy atom. The van der Waals surface area contributed by atoms with E-state index in [9.17, 15) is 9.59 Å². The maximum absolute atomic E-state index is 12.1. The van der Waals surface area contributed by atoms with Crippen LogP contribution in [0, 0.1) is 5.92 Å². The van der Waals surface area contributed by atoms with Crippen molar-refractivity contribution >= 4 is 11.8 Å². The van der Waals surface area contributed by atoms with Crippen LogP contribution in [0.1, 0.15) is 26.7 Å². The maximum Gasteiger partial charge on any atom is 0.240 e. The predicted octanol–water partition coefficient (Wildman–Crippen LogP) is -0.0310. The van der Waals surface area contributed by atoms with Gasteiger partial charge in [-0.1, -0.05) is 6.92 Å². The van der Waals surface area contributed by atoms with Crippen LogP contribution in [0.4, 0.5) is 0 Å². The van der Waals surface area contributed by atoms with E-state index in [4.69, 9.17) is 0 Å². The summed E-state index contributed by atoms with van der Waals surface area (Å²) in [4.78, 5) is 25.0. The maximum atomic E-state index is 12.1. The van der Waals surface area contributed by atoms with E-state index in [2.05, 4.69) is 17.6 Å². The van der Waals surface area contributed by atoms with Gasteiger partial charge >= 0.3 is 0 Å². The number of carbonyl (C=O) groups is 2. The van der Waals surface area contributed by atoms with Gasteiger partial charge in [-0.3, -0.25) is 9.59 Å². The Kier molecular flexibility index (Phi) is 5.41. The van der Waals surface area contributed by atoms with Gasteiger partial charge in [-0.05, 0) is 32.2 Å². The van der Waals surface area contributed by atoms with Crippen molar-refractivity contribution in [3.63, 3.8) is 0 Å². The summed E-state index contributed by atoms with van der Waals surface area (Å²) in [7, 11) is 1.68. The summed E-state index contributed by atoms with van der Waals surface area (Å²) in [6, 6.07) is -0.136. The SMILES string of the molecule is CCNC(=O)CN(C)C(=O)C1NCCCC1C. The van der Waals surface area contributed by atoms with Crippen molar-refractivity contribution in [2.24, 2.45) is 5.92 Å². The largest absolute Gasteiger partial charge is 0.355 e. The lowest BCUT2D eigenvalue weighted by molar-refractivity contribution is -0.137. The molecule has 2 N–H and O–H groups in total. The Hall–Kier alpha value is -1.10. The van der Waals surface area contributed by atoms with Gasteiger partial charge in [0.05, 0.1) is 12.6 Å². The number of hydrogen-bond acceptors (Lipinski definition) is 3. The molecule has 17 heavy (non-hydrogen) atoms. The average Bonchev–Trinajstić information content (AvgIpc) is 2.29. The minimum Gasteiger partial charge on any atom is -0.355 e. The van der Waals surface area contributed by atoms with E-state index in [1.54, 1.807) is 7.05 Å². The van der Waals surface area contributed by atoms with Gasteiger partial charge in [0.1, 0.15) is 0 Å². The van der Waals surface area contributed by atoms with Crippen molar-refractivity contribution in [1.82, 2.24) is 15.5 Å². The minimum atomic E-state index is -0.136. The highest BCUT2D eigenvalue weighted by molar-refractivity contribution is 5.87. The van der Waals surface area contributed by atoms with E-state index in [1.165, 1.54) is 4.90 Å². The zero-order valence-corrected chi connectivity index (χ0v) is 11.0. The van der Waals surface area contributed by atoms with Crippen LogP contribution in [0.25, 0.3) is 0 Å². The third-order valence-electron chi connectivity index (χ3n) is 3.17.